The number of carbonyl (C=O) groups excluding carboxylic acids is 1. The Labute approximate surface area is 200 Å². The number of hydrogen-bond donors (Lipinski definition) is 1. The van der Waals surface area contributed by atoms with Gasteiger partial charge in [-0.3, -0.25) is 9.59 Å². The molecule has 0 unspecified atom stereocenters. The highest BCUT2D eigenvalue weighted by molar-refractivity contribution is 6.06. The number of H-pyrrole nitrogens is 1. The van der Waals surface area contributed by atoms with E-state index in [1.165, 1.54) is 0 Å². The van der Waals surface area contributed by atoms with Crippen molar-refractivity contribution < 1.29 is 9.53 Å². The minimum Gasteiger partial charge on any atom is -0.495 e. The molecule has 0 saturated carbocycles. The fraction of sp³-hybridized carbons (Fsp3) is 0.241. The van der Waals surface area contributed by atoms with Gasteiger partial charge in [0.05, 0.1) is 19.3 Å². The maximum absolute atomic E-state index is 13.8. The second-order valence-corrected chi connectivity index (χ2v) is 9.60. The summed E-state index contributed by atoms with van der Waals surface area (Å²) in [5.74, 6) is 0.364. The van der Waals surface area contributed by atoms with Crippen LogP contribution in [0.4, 0.5) is 5.69 Å². The molecule has 0 aliphatic heterocycles. The number of hydrogen-bond acceptors (Lipinski definition) is 3. The number of amides is 1. The molecular weight excluding hydrogens is 424 g/mol. The molecule has 4 aromatic rings. The van der Waals surface area contributed by atoms with Crippen LogP contribution in [0.25, 0.3) is 10.9 Å². The minimum atomic E-state index is -0.214. The molecule has 174 valence electrons. The Hall–Kier alpha value is -3.86. The summed E-state index contributed by atoms with van der Waals surface area (Å²) in [5.41, 5.74) is 4.43. The zero-order valence-corrected chi connectivity index (χ0v) is 20.3. The minimum absolute atomic E-state index is 0.0132. The number of anilines is 1. The number of fused-ring (bicyclic) bond motifs is 1. The third-order valence-electron chi connectivity index (χ3n) is 6.03. The van der Waals surface area contributed by atoms with Gasteiger partial charge in [-0.2, -0.15) is 0 Å². The Morgan fingerprint density at radius 3 is 2.35 bits per heavy atom. The van der Waals surface area contributed by atoms with E-state index in [0.29, 0.717) is 22.6 Å². The Morgan fingerprint density at radius 1 is 0.971 bits per heavy atom. The van der Waals surface area contributed by atoms with Crippen molar-refractivity contribution in [2.24, 2.45) is 0 Å². The van der Waals surface area contributed by atoms with Gasteiger partial charge in [-0.25, -0.2) is 0 Å². The lowest BCUT2D eigenvalue weighted by atomic mass is 9.86. The van der Waals surface area contributed by atoms with Crippen LogP contribution in [0.15, 0.2) is 77.6 Å². The number of methoxy groups -OCH3 is 1. The van der Waals surface area contributed by atoms with Gasteiger partial charge in [-0.1, -0.05) is 57.2 Å². The highest BCUT2D eigenvalue weighted by Crippen LogP contribution is 2.31. The van der Waals surface area contributed by atoms with Crippen LogP contribution in [0.2, 0.25) is 0 Å². The van der Waals surface area contributed by atoms with Crippen molar-refractivity contribution in [3.05, 3.63) is 105 Å². The Balaban J connectivity index is 1.78. The fourth-order valence-corrected chi connectivity index (χ4v) is 4.04. The lowest BCUT2D eigenvalue weighted by molar-refractivity contribution is 0.0984. The summed E-state index contributed by atoms with van der Waals surface area (Å²) in [5, 5.41) is 0.919. The monoisotopic (exact) mass is 454 g/mol. The third kappa shape index (κ3) is 4.74. The molecule has 0 aliphatic carbocycles. The van der Waals surface area contributed by atoms with Gasteiger partial charge in [0.2, 0.25) is 0 Å². The number of carbonyl (C=O) groups is 1. The quantitative estimate of drug-likeness (QED) is 0.403. The number of nitrogens with zero attached hydrogens (tertiary/aromatic N) is 1. The van der Waals surface area contributed by atoms with E-state index in [0.717, 1.165) is 22.0 Å². The molecular formula is C29H30N2O3. The first-order valence-electron chi connectivity index (χ1n) is 11.4. The summed E-state index contributed by atoms with van der Waals surface area (Å²) in [7, 11) is 1.57. The Kier molecular flexibility index (Phi) is 6.29. The zero-order chi connectivity index (χ0) is 24.5. The van der Waals surface area contributed by atoms with Crippen LogP contribution < -0.4 is 15.2 Å². The summed E-state index contributed by atoms with van der Waals surface area (Å²) in [6, 6.07) is 22.8. The number of para-hydroxylation sites is 2. The SMILES string of the molecule is COc1ccccc1N(Cc1cc2ccc(C)cc2[nH]c1=O)C(=O)c1ccc(C(C)(C)C)cc1. The predicted molar refractivity (Wildman–Crippen MR) is 138 cm³/mol. The molecule has 0 atom stereocenters. The first kappa shape index (κ1) is 23.3. The van der Waals surface area contributed by atoms with Crippen LogP contribution in [0.1, 0.15) is 47.8 Å². The summed E-state index contributed by atoms with van der Waals surface area (Å²) in [6.07, 6.45) is 0. The molecule has 3 aromatic carbocycles. The van der Waals surface area contributed by atoms with Gasteiger partial charge in [-0.15, -0.1) is 0 Å². The molecule has 34 heavy (non-hydrogen) atoms. The number of aromatic amines is 1. The molecule has 0 radical (unpaired) electrons. The fourth-order valence-electron chi connectivity index (χ4n) is 4.04. The van der Waals surface area contributed by atoms with Crippen LogP contribution in [-0.2, 0) is 12.0 Å². The van der Waals surface area contributed by atoms with Crippen molar-refractivity contribution in [3.8, 4) is 5.75 Å². The number of ether oxygens (including phenoxy) is 1. The number of aromatic nitrogens is 1. The number of aryl methyl sites for hydroxylation is 1. The van der Waals surface area contributed by atoms with Gasteiger partial charge in [0.25, 0.3) is 11.5 Å². The lowest BCUT2D eigenvalue weighted by Crippen LogP contribution is -2.33. The van der Waals surface area contributed by atoms with E-state index in [4.69, 9.17) is 4.74 Å². The molecule has 0 spiro atoms. The van der Waals surface area contributed by atoms with E-state index in [9.17, 15) is 9.59 Å². The van der Waals surface area contributed by atoms with Crippen LogP contribution >= 0.6 is 0 Å². The van der Waals surface area contributed by atoms with Gasteiger partial charge in [0.1, 0.15) is 5.75 Å². The van der Waals surface area contributed by atoms with E-state index >= 15 is 0 Å². The first-order valence-corrected chi connectivity index (χ1v) is 11.4. The summed E-state index contributed by atoms with van der Waals surface area (Å²) < 4.78 is 5.55. The zero-order valence-electron chi connectivity index (χ0n) is 20.3. The molecule has 1 N–H and O–H groups in total. The van der Waals surface area contributed by atoms with Crippen LogP contribution in [0.3, 0.4) is 0 Å². The molecule has 5 heteroatoms. The van der Waals surface area contributed by atoms with Crippen molar-refractivity contribution in [2.75, 3.05) is 12.0 Å². The number of pyridine rings is 1. The maximum Gasteiger partial charge on any atom is 0.258 e. The van der Waals surface area contributed by atoms with E-state index in [-0.39, 0.29) is 23.4 Å². The highest BCUT2D eigenvalue weighted by Gasteiger charge is 2.23. The average Bonchev–Trinajstić information content (AvgIpc) is 2.82. The molecule has 0 aliphatic rings. The summed E-state index contributed by atoms with van der Waals surface area (Å²) >= 11 is 0. The smallest absolute Gasteiger partial charge is 0.258 e. The molecule has 1 aromatic heterocycles. The van der Waals surface area contributed by atoms with E-state index in [1.807, 2.05) is 79.7 Å². The third-order valence-corrected chi connectivity index (χ3v) is 6.03. The van der Waals surface area contributed by atoms with Crippen LogP contribution in [0, 0.1) is 6.92 Å². The number of benzene rings is 3. The van der Waals surface area contributed by atoms with Gasteiger partial charge < -0.3 is 14.6 Å². The number of rotatable bonds is 5. The van der Waals surface area contributed by atoms with Gasteiger partial charge in [-0.05, 0) is 65.3 Å². The predicted octanol–water partition coefficient (Wildman–Crippen LogP) is 5.99. The lowest BCUT2D eigenvalue weighted by Gasteiger charge is -2.25. The van der Waals surface area contributed by atoms with Crippen molar-refractivity contribution in [2.45, 2.75) is 39.7 Å². The normalized spacial score (nSPS) is 11.4. The Morgan fingerprint density at radius 2 is 1.68 bits per heavy atom. The molecule has 4 rings (SSSR count). The van der Waals surface area contributed by atoms with Crippen molar-refractivity contribution >= 4 is 22.5 Å². The maximum atomic E-state index is 13.8. The average molecular weight is 455 g/mol. The molecule has 0 saturated heterocycles. The van der Waals surface area contributed by atoms with Crippen molar-refractivity contribution in [1.29, 1.82) is 0 Å². The van der Waals surface area contributed by atoms with Crippen molar-refractivity contribution in [3.63, 3.8) is 0 Å². The second-order valence-electron chi connectivity index (χ2n) is 9.60. The topological polar surface area (TPSA) is 62.4 Å². The molecule has 0 fully saturated rings. The molecule has 1 heterocycles. The van der Waals surface area contributed by atoms with Crippen LogP contribution in [0.5, 0.6) is 5.75 Å². The van der Waals surface area contributed by atoms with E-state index < -0.39 is 0 Å². The summed E-state index contributed by atoms with van der Waals surface area (Å²) in [4.78, 5) is 31.3. The van der Waals surface area contributed by atoms with Gasteiger partial charge in [0, 0.05) is 16.6 Å². The van der Waals surface area contributed by atoms with Gasteiger partial charge in [0.15, 0.2) is 0 Å². The van der Waals surface area contributed by atoms with Crippen LogP contribution in [-0.4, -0.2) is 18.0 Å². The highest BCUT2D eigenvalue weighted by atomic mass is 16.5. The molecule has 5 nitrogen and oxygen atoms in total. The largest absolute Gasteiger partial charge is 0.495 e. The number of nitrogens with one attached hydrogen (secondary N) is 1. The Bertz CT molecular complexity index is 1400. The second kappa shape index (κ2) is 9.18. The standard InChI is InChI=1S/C29H30N2O3/c1-19-10-11-21-17-22(27(32)30-24(21)16-19)18-31(25-8-6-7-9-26(25)34-5)28(33)20-12-14-23(15-13-20)29(2,3)4/h6-17H,18H2,1-5H3,(H,30,32). The first-order chi connectivity index (χ1) is 16.2. The molecule has 0 bridgehead atoms. The van der Waals surface area contributed by atoms with Crippen molar-refractivity contribution in [1.82, 2.24) is 4.98 Å². The molecule has 1 amide bonds. The summed E-state index contributed by atoms with van der Waals surface area (Å²) in [6.45, 7) is 8.51. The van der Waals surface area contributed by atoms with E-state index in [2.05, 4.69) is 25.8 Å². The van der Waals surface area contributed by atoms with E-state index in [1.54, 1.807) is 12.0 Å². The van der Waals surface area contributed by atoms with Gasteiger partial charge >= 0.3 is 0 Å².